The van der Waals surface area contributed by atoms with Crippen LogP contribution in [-0.4, -0.2) is 23.1 Å². The second-order valence-corrected chi connectivity index (χ2v) is 5.46. The van der Waals surface area contributed by atoms with Crippen LogP contribution in [0.5, 0.6) is 0 Å². The van der Waals surface area contributed by atoms with E-state index in [2.05, 4.69) is 10.6 Å². The van der Waals surface area contributed by atoms with Crippen molar-refractivity contribution < 1.29 is 14.7 Å². The monoisotopic (exact) mass is 298 g/mol. The third-order valence-electron chi connectivity index (χ3n) is 2.77. The maximum Gasteiger partial charge on any atom is 0.326 e. The molecule has 0 saturated heterocycles. The molecule has 0 spiro atoms. The lowest BCUT2D eigenvalue weighted by Crippen LogP contribution is -2.43. The van der Waals surface area contributed by atoms with Gasteiger partial charge in [0.1, 0.15) is 6.04 Å². The molecule has 20 heavy (non-hydrogen) atoms. The van der Waals surface area contributed by atoms with Crippen molar-refractivity contribution in [2.75, 3.05) is 5.32 Å². The van der Waals surface area contributed by atoms with Crippen molar-refractivity contribution in [3.8, 4) is 0 Å². The predicted molar refractivity (Wildman–Crippen MR) is 79.2 cm³/mol. The molecule has 0 aliphatic heterocycles. The number of carbonyl (C=O) groups excluding carboxylic acids is 1. The van der Waals surface area contributed by atoms with Gasteiger partial charge in [-0.05, 0) is 30.9 Å². The molecule has 1 rings (SSSR count). The molecular formula is C14H19ClN2O3. The number of aryl methyl sites for hydroxylation is 1. The summed E-state index contributed by atoms with van der Waals surface area (Å²) < 4.78 is 0. The first-order valence-electron chi connectivity index (χ1n) is 6.36. The number of aliphatic carboxylic acids is 1. The fourth-order valence-electron chi connectivity index (χ4n) is 1.79. The van der Waals surface area contributed by atoms with Crippen LogP contribution < -0.4 is 10.6 Å². The number of hydrogen-bond donors (Lipinski definition) is 3. The molecule has 0 fully saturated rings. The fraction of sp³-hybridized carbons (Fsp3) is 0.429. The quantitative estimate of drug-likeness (QED) is 0.780. The molecule has 1 atom stereocenters. The van der Waals surface area contributed by atoms with Gasteiger partial charge in [0, 0.05) is 0 Å². The molecule has 0 aromatic heterocycles. The Hall–Kier alpha value is -1.75. The highest BCUT2D eigenvalue weighted by Crippen LogP contribution is 2.25. The number of anilines is 1. The minimum Gasteiger partial charge on any atom is -0.480 e. The first-order valence-corrected chi connectivity index (χ1v) is 6.74. The van der Waals surface area contributed by atoms with Gasteiger partial charge >= 0.3 is 12.0 Å². The summed E-state index contributed by atoms with van der Waals surface area (Å²) in [5.74, 6) is -0.886. The third kappa shape index (κ3) is 4.74. The van der Waals surface area contributed by atoms with Crippen molar-refractivity contribution in [1.29, 1.82) is 0 Å². The van der Waals surface area contributed by atoms with Gasteiger partial charge in [0.05, 0.1) is 10.7 Å². The highest BCUT2D eigenvalue weighted by Gasteiger charge is 2.21. The number of para-hydroxylation sites is 1. The van der Waals surface area contributed by atoms with Gasteiger partial charge in [-0.2, -0.15) is 0 Å². The number of carbonyl (C=O) groups is 2. The van der Waals surface area contributed by atoms with Crippen molar-refractivity contribution in [1.82, 2.24) is 5.32 Å². The van der Waals surface area contributed by atoms with Gasteiger partial charge in [-0.3, -0.25) is 0 Å². The topological polar surface area (TPSA) is 78.4 Å². The molecule has 0 bridgehead atoms. The molecule has 1 aromatic carbocycles. The van der Waals surface area contributed by atoms with E-state index in [0.717, 1.165) is 5.56 Å². The van der Waals surface area contributed by atoms with Crippen LogP contribution in [0.15, 0.2) is 18.2 Å². The van der Waals surface area contributed by atoms with Gasteiger partial charge in [0.2, 0.25) is 0 Å². The Kier molecular flexibility index (Phi) is 5.82. The van der Waals surface area contributed by atoms with Crippen LogP contribution in [0.25, 0.3) is 0 Å². The Morgan fingerprint density at radius 2 is 2.00 bits per heavy atom. The summed E-state index contributed by atoms with van der Waals surface area (Å²) in [6, 6.07) is 3.75. The molecular weight excluding hydrogens is 280 g/mol. The van der Waals surface area contributed by atoms with Crippen LogP contribution in [-0.2, 0) is 4.79 Å². The first kappa shape index (κ1) is 16.3. The lowest BCUT2D eigenvalue weighted by atomic mass is 10.0. The van der Waals surface area contributed by atoms with Crippen molar-refractivity contribution >= 4 is 29.3 Å². The average molecular weight is 299 g/mol. The molecule has 0 saturated carbocycles. The molecule has 0 unspecified atom stereocenters. The van der Waals surface area contributed by atoms with E-state index in [4.69, 9.17) is 16.7 Å². The van der Waals surface area contributed by atoms with Gasteiger partial charge in [0.25, 0.3) is 0 Å². The number of hydrogen-bond acceptors (Lipinski definition) is 2. The second-order valence-electron chi connectivity index (χ2n) is 5.05. The van der Waals surface area contributed by atoms with Gasteiger partial charge in [-0.1, -0.05) is 37.6 Å². The zero-order chi connectivity index (χ0) is 15.3. The maximum atomic E-state index is 11.9. The van der Waals surface area contributed by atoms with Crippen molar-refractivity contribution in [3.05, 3.63) is 28.8 Å². The molecule has 0 aliphatic rings. The molecule has 6 heteroatoms. The number of carboxylic acid groups (broad SMARTS) is 1. The number of benzene rings is 1. The van der Waals surface area contributed by atoms with Crippen LogP contribution in [0.3, 0.4) is 0 Å². The molecule has 110 valence electrons. The molecule has 1 aromatic rings. The fourth-order valence-corrected chi connectivity index (χ4v) is 2.06. The number of halogens is 1. The summed E-state index contributed by atoms with van der Waals surface area (Å²) in [5.41, 5.74) is 1.30. The zero-order valence-electron chi connectivity index (χ0n) is 11.7. The van der Waals surface area contributed by atoms with E-state index in [9.17, 15) is 9.59 Å². The molecule has 0 heterocycles. The van der Waals surface area contributed by atoms with Crippen molar-refractivity contribution in [3.63, 3.8) is 0 Å². The van der Waals surface area contributed by atoms with E-state index in [0.29, 0.717) is 17.1 Å². The SMILES string of the molecule is Cc1cccc(Cl)c1NC(=O)N[C@@H](CC(C)C)C(=O)O. The molecule has 3 N–H and O–H groups in total. The van der Waals surface area contributed by atoms with E-state index in [1.54, 1.807) is 12.1 Å². The number of rotatable bonds is 5. The largest absolute Gasteiger partial charge is 0.480 e. The Labute approximate surface area is 123 Å². The van der Waals surface area contributed by atoms with E-state index in [-0.39, 0.29) is 5.92 Å². The molecule has 2 amide bonds. The third-order valence-corrected chi connectivity index (χ3v) is 3.09. The van der Waals surface area contributed by atoms with Crippen molar-refractivity contribution in [2.24, 2.45) is 5.92 Å². The van der Waals surface area contributed by atoms with Gasteiger partial charge in [0.15, 0.2) is 0 Å². The van der Waals surface area contributed by atoms with Gasteiger partial charge < -0.3 is 15.7 Å². The van der Waals surface area contributed by atoms with E-state index in [1.807, 2.05) is 26.8 Å². The standard InChI is InChI=1S/C14H19ClN2O3/c1-8(2)7-11(13(18)19)16-14(20)17-12-9(3)5-4-6-10(12)15/h4-6,8,11H,7H2,1-3H3,(H,18,19)(H2,16,17,20)/t11-/m0/s1. The normalized spacial score (nSPS) is 12.1. The Bertz CT molecular complexity index is 483. The number of carboxylic acids is 1. The maximum absolute atomic E-state index is 11.9. The first-order chi connectivity index (χ1) is 9.31. The van der Waals surface area contributed by atoms with E-state index >= 15 is 0 Å². The van der Waals surface area contributed by atoms with E-state index < -0.39 is 18.0 Å². The molecule has 0 radical (unpaired) electrons. The van der Waals surface area contributed by atoms with Crippen LogP contribution in [0.4, 0.5) is 10.5 Å². The zero-order valence-corrected chi connectivity index (χ0v) is 12.5. The van der Waals surface area contributed by atoms with Gasteiger partial charge in [-0.25, -0.2) is 9.59 Å². The molecule has 0 aliphatic carbocycles. The van der Waals surface area contributed by atoms with Crippen LogP contribution in [0, 0.1) is 12.8 Å². The highest BCUT2D eigenvalue weighted by atomic mass is 35.5. The van der Waals surface area contributed by atoms with Crippen molar-refractivity contribution in [2.45, 2.75) is 33.2 Å². The highest BCUT2D eigenvalue weighted by molar-refractivity contribution is 6.33. The Morgan fingerprint density at radius 1 is 1.35 bits per heavy atom. The summed E-state index contributed by atoms with van der Waals surface area (Å²) in [6.45, 7) is 5.60. The summed E-state index contributed by atoms with van der Waals surface area (Å²) >= 11 is 6.00. The lowest BCUT2D eigenvalue weighted by Gasteiger charge is -2.18. The van der Waals surface area contributed by atoms with Crippen LogP contribution >= 0.6 is 11.6 Å². The minimum absolute atomic E-state index is 0.165. The Morgan fingerprint density at radius 3 is 2.50 bits per heavy atom. The summed E-state index contributed by atoms with van der Waals surface area (Å²) in [7, 11) is 0. The smallest absolute Gasteiger partial charge is 0.326 e. The number of amides is 2. The minimum atomic E-state index is -1.05. The van der Waals surface area contributed by atoms with E-state index in [1.165, 1.54) is 0 Å². The van der Waals surface area contributed by atoms with Crippen LogP contribution in [0.1, 0.15) is 25.8 Å². The number of nitrogens with one attached hydrogen (secondary N) is 2. The van der Waals surface area contributed by atoms with Crippen LogP contribution in [0.2, 0.25) is 5.02 Å². The lowest BCUT2D eigenvalue weighted by molar-refractivity contribution is -0.139. The second kappa shape index (κ2) is 7.14. The average Bonchev–Trinajstić information content (AvgIpc) is 2.32. The summed E-state index contributed by atoms with van der Waals surface area (Å²) in [4.78, 5) is 23.0. The predicted octanol–water partition coefficient (Wildman–Crippen LogP) is 3.27. The molecule has 5 nitrogen and oxygen atoms in total. The summed E-state index contributed by atoms with van der Waals surface area (Å²) in [5, 5.41) is 14.5. The summed E-state index contributed by atoms with van der Waals surface area (Å²) in [6.07, 6.45) is 0.365. The van der Waals surface area contributed by atoms with Gasteiger partial charge in [-0.15, -0.1) is 0 Å². The Balaban J connectivity index is 2.73. The number of urea groups is 1.